The van der Waals surface area contributed by atoms with Gasteiger partial charge in [0.25, 0.3) is 5.91 Å². The van der Waals surface area contributed by atoms with E-state index in [0.29, 0.717) is 6.42 Å². The van der Waals surface area contributed by atoms with Crippen molar-refractivity contribution in [3.05, 3.63) is 59.0 Å². The standard InChI is InChI=1S/C24H23F4NO5/c1-4-5-12-33-23(32)13(2)19-14(3)29(17-10-11-18(30)21(25)20(17)19)22(31)15-6-8-16(9-7-15)34-24(26,27)28/h6-11,13,30H,4-5,12H2,1-3H3/t13-/m0/s1. The zero-order chi connectivity index (χ0) is 25.2. The Hall–Kier alpha value is -3.56. The summed E-state index contributed by atoms with van der Waals surface area (Å²) in [4.78, 5) is 25.9. The quantitative estimate of drug-likeness (QED) is 0.261. The number of phenolic OH excluding ortho intramolecular Hbond substituents is 1. The van der Waals surface area contributed by atoms with E-state index in [0.717, 1.165) is 41.3 Å². The molecule has 3 aromatic rings. The molecule has 0 radical (unpaired) electrons. The number of benzene rings is 2. The number of nitrogens with zero attached hydrogens (tertiary/aromatic N) is 1. The lowest BCUT2D eigenvalue weighted by atomic mass is 9.97. The van der Waals surface area contributed by atoms with E-state index in [1.807, 2.05) is 6.92 Å². The second kappa shape index (κ2) is 9.74. The molecule has 1 aromatic heterocycles. The van der Waals surface area contributed by atoms with Crippen molar-refractivity contribution in [1.29, 1.82) is 0 Å². The molecule has 0 amide bonds. The lowest BCUT2D eigenvalue weighted by Gasteiger charge is -2.13. The highest BCUT2D eigenvalue weighted by atomic mass is 19.4. The molecule has 0 aliphatic rings. The summed E-state index contributed by atoms with van der Waals surface area (Å²) >= 11 is 0. The van der Waals surface area contributed by atoms with Gasteiger partial charge in [-0.3, -0.25) is 14.2 Å². The van der Waals surface area contributed by atoms with Crippen molar-refractivity contribution in [1.82, 2.24) is 4.57 Å². The van der Waals surface area contributed by atoms with Crippen molar-refractivity contribution in [2.45, 2.75) is 45.9 Å². The number of alkyl halides is 3. The fourth-order valence-electron chi connectivity index (χ4n) is 3.76. The van der Waals surface area contributed by atoms with Crippen LogP contribution in [-0.2, 0) is 9.53 Å². The van der Waals surface area contributed by atoms with E-state index in [-0.39, 0.29) is 34.3 Å². The summed E-state index contributed by atoms with van der Waals surface area (Å²) in [6.45, 7) is 5.15. The average molecular weight is 481 g/mol. The van der Waals surface area contributed by atoms with Crippen LogP contribution in [0.2, 0.25) is 0 Å². The van der Waals surface area contributed by atoms with Gasteiger partial charge in [0, 0.05) is 16.6 Å². The van der Waals surface area contributed by atoms with E-state index in [1.54, 1.807) is 0 Å². The topological polar surface area (TPSA) is 77.8 Å². The van der Waals surface area contributed by atoms with E-state index < -0.39 is 41.5 Å². The minimum Gasteiger partial charge on any atom is -0.505 e. The molecule has 10 heteroatoms. The van der Waals surface area contributed by atoms with E-state index in [9.17, 15) is 27.9 Å². The lowest BCUT2D eigenvalue weighted by Crippen LogP contribution is -2.18. The number of hydrogen-bond donors (Lipinski definition) is 1. The van der Waals surface area contributed by atoms with Crippen LogP contribution in [0.5, 0.6) is 11.5 Å². The average Bonchev–Trinajstić information content (AvgIpc) is 3.07. The summed E-state index contributed by atoms with van der Waals surface area (Å²) in [7, 11) is 0. The molecule has 182 valence electrons. The Morgan fingerprint density at radius 2 is 1.76 bits per heavy atom. The molecular weight excluding hydrogens is 458 g/mol. The van der Waals surface area contributed by atoms with Crippen LogP contribution in [0, 0.1) is 12.7 Å². The van der Waals surface area contributed by atoms with Gasteiger partial charge in [0.1, 0.15) is 5.75 Å². The van der Waals surface area contributed by atoms with E-state index in [4.69, 9.17) is 4.74 Å². The summed E-state index contributed by atoms with van der Waals surface area (Å²) in [6.07, 6.45) is -3.42. The van der Waals surface area contributed by atoms with Gasteiger partial charge in [0.15, 0.2) is 11.6 Å². The van der Waals surface area contributed by atoms with Crippen molar-refractivity contribution in [2.75, 3.05) is 6.61 Å². The van der Waals surface area contributed by atoms with Crippen LogP contribution in [-0.4, -0.2) is 34.5 Å². The summed E-state index contributed by atoms with van der Waals surface area (Å²) in [6, 6.07) is 6.68. The van der Waals surface area contributed by atoms with Crippen molar-refractivity contribution >= 4 is 22.8 Å². The van der Waals surface area contributed by atoms with Crippen LogP contribution in [0.3, 0.4) is 0 Å². The molecule has 0 spiro atoms. The number of unbranched alkanes of at least 4 members (excludes halogenated alkanes) is 1. The zero-order valence-corrected chi connectivity index (χ0v) is 18.7. The summed E-state index contributed by atoms with van der Waals surface area (Å²) in [5, 5.41) is 9.81. The molecule has 6 nitrogen and oxygen atoms in total. The molecule has 1 heterocycles. The van der Waals surface area contributed by atoms with Gasteiger partial charge in [-0.2, -0.15) is 0 Å². The smallest absolute Gasteiger partial charge is 0.505 e. The summed E-state index contributed by atoms with van der Waals surface area (Å²) in [5.41, 5.74) is 0.514. The Bertz CT molecular complexity index is 1220. The van der Waals surface area contributed by atoms with Crippen LogP contribution >= 0.6 is 0 Å². The Morgan fingerprint density at radius 1 is 1.12 bits per heavy atom. The lowest BCUT2D eigenvalue weighted by molar-refractivity contribution is -0.274. The van der Waals surface area contributed by atoms with Gasteiger partial charge in [-0.15, -0.1) is 13.2 Å². The number of fused-ring (bicyclic) bond motifs is 1. The highest BCUT2D eigenvalue weighted by Crippen LogP contribution is 2.37. The number of rotatable bonds is 7. The number of hydrogen-bond acceptors (Lipinski definition) is 5. The van der Waals surface area contributed by atoms with Gasteiger partial charge >= 0.3 is 12.3 Å². The number of phenols is 1. The van der Waals surface area contributed by atoms with Gasteiger partial charge in [0.2, 0.25) is 0 Å². The molecule has 0 saturated carbocycles. The van der Waals surface area contributed by atoms with Crippen LogP contribution in [0.25, 0.3) is 10.9 Å². The minimum absolute atomic E-state index is 0.00716. The van der Waals surface area contributed by atoms with E-state index in [2.05, 4.69) is 4.74 Å². The number of ether oxygens (including phenoxy) is 2. The molecule has 1 N–H and O–H groups in total. The van der Waals surface area contributed by atoms with Crippen LogP contribution in [0.4, 0.5) is 17.6 Å². The molecule has 1 atom stereocenters. The molecule has 0 aliphatic heterocycles. The number of esters is 1. The molecule has 0 bridgehead atoms. The fraction of sp³-hybridized carbons (Fsp3) is 0.333. The predicted molar refractivity (Wildman–Crippen MR) is 115 cm³/mol. The van der Waals surface area contributed by atoms with Gasteiger partial charge in [0.05, 0.1) is 18.0 Å². The van der Waals surface area contributed by atoms with Crippen molar-refractivity contribution in [2.24, 2.45) is 0 Å². The SMILES string of the molecule is CCCCOC(=O)[C@@H](C)c1c(C)n(C(=O)c2ccc(OC(F)(F)F)cc2)c2ccc(O)c(F)c12. The number of halogens is 4. The molecular formula is C24H23F4NO5. The van der Waals surface area contributed by atoms with Crippen molar-refractivity contribution in [3.8, 4) is 11.5 Å². The molecule has 0 fully saturated rings. The Morgan fingerprint density at radius 3 is 2.35 bits per heavy atom. The maximum absolute atomic E-state index is 15.0. The third-order valence-electron chi connectivity index (χ3n) is 5.40. The third kappa shape index (κ3) is 5.00. The number of carbonyl (C=O) groups is 2. The zero-order valence-electron chi connectivity index (χ0n) is 18.7. The number of carbonyl (C=O) groups excluding carboxylic acids is 2. The first kappa shape index (κ1) is 25.1. The number of aromatic nitrogens is 1. The van der Waals surface area contributed by atoms with Crippen LogP contribution < -0.4 is 4.74 Å². The second-order valence-electron chi connectivity index (χ2n) is 7.75. The largest absolute Gasteiger partial charge is 0.573 e. The van der Waals surface area contributed by atoms with Gasteiger partial charge in [-0.1, -0.05) is 13.3 Å². The van der Waals surface area contributed by atoms with Gasteiger partial charge in [-0.25, -0.2) is 4.39 Å². The van der Waals surface area contributed by atoms with E-state index in [1.165, 1.54) is 19.9 Å². The fourth-order valence-corrected chi connectivity index (χ4v) is 3.76. The monoisotopic (exact) mass is 481 g/mol. The second-order valence-corrected chi connectivity index (χ2v) is 7.75. The Kier molecular flexibility index (Phi) is 7.18. The molecule has 0 unspecified atom stereocenters. The summed E-state index contributed by atoms with van der Waals surface area (Å²) < 4.78 is 62.5. The van der Waals surface area contributed by atoms with Crippen molar-refractivity contribution < 1.29 is 41.7 Å². The number of aromatic hydroxyl groups is 1. The Balaban J connectivity index is 2.08. The minimum atomic E-state index is -4.88. The third-order valence-corrected chi connectivity index (χ3v) is 5.40. The highest BCUT2D eigenvalue weighted by molar-refractivity contribution is 6.05. The van der Waals surface area contributed by atoms with Gasteiger partial charge in [-0.05, 0) is 62.2 Å². The predicted octanol–water partition coefficient (Wildman–Crippen LogP) is 5.83. The van der Waals surface area contributed by atoms with E-state index >= 15 is 4.39 Å². The summed E-state index contributed by atoms with van der Waals surface area (Å²) in [5.74, 6) is -4.38. The van der Waals surface area contributed by atoms with Crippen LogP contribution in [0.15, 0.2) is 36.4 Å². The first-order valence-corrected chi connectivity index (χ1v) is 10.6. The molecule has 3 rings (SSSR count). The molecule has 0 saturated heterocycles. The van der Waals surface area contributed by atoms with Crippen molar-refractivity contribution in [3.63, 3.8) is 0 Å². The first-order chi connectivity index (χ1) is 16.0. The molecule has 2 aromatic carbocycles. The highest BCUT2D eigenvalue weighted by Gasteiger charge is 2.32. The molecule has 34 heavy (non-hydrogen) atoms. The van der Waals surface area contributed by atoms with Crippen LogP contribution in [0.1, 0.15) is 54.2 Å². The molecule has 0 aliphatic carbocycles. The first-order valence-electron chi connectivity index (χ1n) is 10.6. The maximum Gasteiger partial charge on any atom is 0.573 e. The van der Waals surface area contributed by atoms with Gasteiger partial charge < -0.3 is 14.6 Å². The maximum atomic E-state index is 15.0. The Labute approximate surface area is 192 Å². The normalized spacial score (nSPS) is 12.6.